The third-order valence-electron chi connectivity index (χ3n) is 3.32. The smallest absolute Gasteiger partial charge is 0.356 e. The molecule has 2 rings (SSSR count). The Balaban J connectivity index is 2.63. The minimum absolute atomic E-state index is 0.0152. The highest BCUT2D eigenvalue weighted by molar-refractivity contribution is 6.31. The van der Waals surface area contributed by atoms with Crippen molar-refractivity contribution in [1.29, 1.82) is 0 Å². The first-order chi connectivity index (χ1) is 9.85. The fourth-order valence-corrected chi connectivity index (χ4v) is 2.59. The largest absolute Gasteiger partial charge is 0.496 e. The van der Waals surface area contributed by atoms with Crippen LogP contribution >= 0.6 is 11.6 Å². The molecular weight excluding hydrogens is 292 g/mol. The molecule has 1 aromatic heterocycles. The highest BCUT2D eigenvalue weighted by Gasteiger charge is 2.18. The third kappa shape index (κ3) is 2.88. The average molecular weight is 309 g/mol. The van der Waals surface area contributed by atoms with Gasteiger partial charge >= 0.3 is 5.97 Å². The summed E-state index contributed by atoms with van der Waals surface area (Å²) in [7, 11) is 3.26. The van der Waals surface area contributed by atoms with Crippen LogP contribution in [0.1, 0.15) is 35.8 Å². The summed E-state index contributed by atoms with van der Waals surface area (Å²) in [5, 5.41) is 13.6. The molecule has 1 aromatic carbocycles. The Morgan fingerprint density at radius 1 is 1.38 bits per heavy atom. The van der Waals surface area contributed by atoms with E-state index in [0.717, 1.165) is 11.1 Å². The van der Waals surface area contributed by atoms with Crippen molar-refractivity contribution in [2.45, 2.75) is 19.8 Å². The van der Waals surface area contributed by atoms with Crippen molar-refractivity contribution in [2.24, 2.45) is 7.05 Å². The van der Waals surface area contributed by atoms with Gasteiger partial charge in [-0.2, -0.15) is 5.10 Å². The van der Waals surface area contributed by atoms with Gasteiger partial charge in [-0.15, -0.1) is 0 Å². The number of hydrogen-bond donors (Lipinski definition) is 1. The fourth-order valence-electron chi connectivity index (χ4n) is 2.20. The zero-order chi connectivity index (χ0) is 15.7. The number of methoxy groups -OCH3 is 1. The maximum atomic E-state index is 11.0. The molecule has 0 saturated heterocycles. The Hall–Kier alpha value is -2.01. The van der Waals surface area contributed by atoms with Crippen molar-refractivity contribution >= 4 is 17.6 Å². The van der Waals surface area contributed by atoms with E-state index >= 15 is 0 Å². The number of rotatable bonds is 4. The number of aryl methyl sites for hydroxylation is 1. The van der Waals surface area contributed by atoms with Crippen LogP contribution in [0.3, 0.4) is 0 Å². The molecule has 0 saturated carbocycles. The number of aromatic carboxylic acids is 1. The van der Waals surface area contributed by atoms with Crippen LogP contribution in [-0.4, -0.2) is 28.0 Å². The molecule has 1 N–H and O–H groups in total. The van der Waals surface area contributed by atoms with Crippen LogP contribution in [0.5, 0.6) is 5.75 Å². The molecule has 0 aliphatic carbocycles. The van der Waals surface area contributed by atoms with Crippen molar-refractivity contribution in [3.05, 3.63) is 34.5 Å². The number of carboxylic acid groups (broad SMARTS) is 1. The lowest BCUT2D eigenvalue weighted by atomic mass is 9.99. The van der Waals surface area contributed by atoms with Crippen LogP contribution in [-0.2, 0) is 7.05 Å². The summed E-state index contributed by atoms with van der Waals surface area (Å²) in [5.41, 5.74) is 2.33. The van der Waals surface area contributed by atoms with Crippen molar-refractivity contribution in [3.8, 4) is 17.0 Å². The molecule has 6 heteroatoms. The number of nitrogens with zero attached hydrogens (tertiary/aromatic N) is 2. The summed E-state index contributed by atoms with van der Waals surface area (Å²) in [6.45, 7) is 4.10. The number of benzene rings is 1. The van der Waals surface area contributed by atoms with Crippen molar-refractivity contribution in [2.75, 3.05) is 7.11 Å². The second kappa shape index (κ2) is 5.77. The van der Waals surface area contributed by atoms with Crippen LogP contribution in [0.4, 0.5) is 0 Å². The van der Waals surface area contributed by atoms with Gasteiger partial charge in [0.25, 0.3) is 0 Å². The predicted octanol–water partition coefficient (Wildman–Crippen LogP) is 3.57. The average Bonchev–Trinajstić information content (AvgIpc) is 2.80. The van der Waals surface area contributed by atoms with Gasteiger partial charge in [-0.05, 0) is 29.7 Å². The van der Waals surface area contributed by atoms with E-state index in [9.17, 15) is 4.79 Å². The minimum atomic E-state index is -1.07. The molecule has 2 aromatic rings. The number of aromatic nitrogens is 2. The lowest BCUT2D eigenvalue weighted by molar-refractivity contribution is 0.0689. The lowest BCUT2D eigenvalue weighted by Gasteiger charge is -2.14. The molecule has 112 valence electrons. The van der Waals surface area contributed by atoms with Crippen LogP contribution in [0, 0.1) is 0 Å². The Labute approximate surface area is 128 Å². The zero-order valence-electron chi connectivity index (χ0n) is 12.3. The van der Waals surface area contributed by atoms with E-state index < -0.39 is 5.97 Å². The maximum absolute atomic E-state index is 11.0. The van der Waals surface area contributed by atoms with Crippen LogP contribution in [0.2, 0.25) is 5.02 Å². The van der Waals surface area contributed by atoms with E-state index in [2.05, 4.69) is 5.10 Å². The summed E-state index contributed by atoms with van der Waals surface area (Å²) in [5.74, 6) is -0.162. The molecule has 0 unspecified atom stereocenters. The molecule has 1 heterocycles. The number of hydrogen-bond acceptors (Lipinski definition) is 3. The molecule has 0 amide bonds. The standard InChI is InChI=1S/C15H17ClN2O3/c1-8(2)9-6-14(21-4)10(5-11(9)16)13-7-12(15(19)20)17-18(13)3/h5-8H,1-4H3,(H,19,20). The van der Waals surface area contributed by atoms with Crippen LogP contribution in [0.15, 0.2) is 18.2 Å². The first-order valence-electron chi connectivity index (χ1n) is 6.50. The summed E-state index contributed by atoms with van der Waals surface area (Å²) in [6.07, 6.45) is 0. The Kier molecular flexibility index (Phi) is 4.23. The molecule has 0 radical (unpaired) electrons. The van der Waals surface area contributed by atoms with Gasteiger partial charge in [0.05, 0.1) is 12.8 Å². The molecule has 0 atom stereocenters. The second-order valence-electron chi connectivity index (χ2n) is 5.07. The SMILES string of the molecule is COc1cc(C(C)C)c(Cl)cc1-c1cc(C(=O)O)nn1C. The van der Waals surface area contributed by atoms with Gasteiger partial charge in [0, 0.05) is 17.6 Å². The second-order valence-corrected chi connectivity index (χ2v) is 5.48. The number of halogens is 1. The molecule has 5 nitrogen and oxygen atoms in total. The summed E-state index contributed by atoms with van der Waals surface area (Å²) < 4.78 is 6.93. The maximum Gasteiger partial charge on any atom is 0.356 e. The third-order valence-corrected chi connectivity index (χ3v) is 3.64. The van der Waals surface area contributed by atoms with E-state index in [-0.39, 0.29) is 11.6 Å². The van der Waals surface area contributed by atoms with E-state index in [1.807, 2.05) is 19.9 Å². The molecule has 0 spiro atoms. The topological polar surface area (TPSA) is 64.3 Å². The van der Waals surface area contributed by atoms with Gasteiger partial charge < -0.3 is 9.84 Å². The van der Waals surface area contributed by atoms with Gasteiger partial charge in [-0.25, -0.2) is 4.79 Å². The fraction of sp³-hybridized carbons (Fsp3) is 0.333. The van der Waals surface area contributed by atoms with E-state index in [1.54, 1.807) is 20.2 Å². The number of carboxylic acids is 1. The van der Waals surface area contributed by atoms with Gasteiger partial charge in [0.2, 0.25) is 0 Å². The first-order valence-corrected chi connectivity index (χ1v) is 6.88. The van der Waals surface area contributed by atoms with Crippen LogP contribution in [0.25, 0.3) is 11.3 Å². The summed E-state index contributed by atoms with van der Waals surface area (Å²) in [6, 6.07) is 5.18. The monoisotopic (exact) mass is 308 g/mol. The van der Waals surface area contributed by atoms with Gasteiger partial charge in [-0.3, -0.25) is 4.68 Å². The van der Waals surface area contributed by atoms with E-state index in [1.165, 1.54) is 10.7 Å². The Morgan fingerprint density at radius 2 is 2.05 bits per heavy atom. The Morgan fingerprint density at radius 3 is 2.52 bits per heavy atom. The van der Waals surface area contributed by atoms with Crippen LogP contribution < -0.4 is 4.74 Å². The molecule has 0 fully saturated rings. The molecular formula is C15H17ClN2O3. The normalized spacial score (nSPS) is 11.0. The summed E-state index contributed by atoms with van der Waals surface area (Å²) in [4.78, 5) is 11.0. The molecule has 0 bridgehead atoms. The first kappa shape index (κ1) is 15.4. The lowest BCUT2D eigenvalue weighted by Crippen LogP contribution is -2.00. The van der Waals surface area contributed by atoms with Crippen molar-refractivity contribution in [3.63, 3.8) is 0 Å². The summed E-state index contributed by atoms with van der Waals surface area (Å²) >= 11 is 6.32. The highest BCUT2D eigenvalue weighted by atomic mass is 35.5. The molecule has 21 heavy (non-hydrogen) atoms. The molecule has 0 aliphatic heterocycles. The Bertz CT molecular complexity index is 692. The highest BCUT2D eigenvalue weighted by Crippen LogP contribution is 2.37. The van der Waals surface area contributed by atoms with Crippen molar-refractivity contribution in [1.82, 2.24) is 9.78 Å². The zero-order valence-corrected chi connectivity index (χ0v) is 13.1. The van der Waals surface area contributed by atoms with E-state index in [0.29, 0.717) is 16.5 Å². The van der Waals surface area contributed by atoms with Gasteiger partial charge in [0.1, 0.15) is 5.75 Å². The predicted molar refractivity (Wildman–Crippen MR) is 81.3 cm³/mol. The van der Waals surface area contributed by atoms with Gasteiger partial charge in [0.15, 0.2) is 5.69 Å². The minimum Gasteiger partial charge on any atom is -0.496 e. The quantitative estimate of drug-likeness (QED) is 0.937. The van der Waals surface area contributed by atoms with Gasteiger partial charge in [-0.1, -0.05) is 25.4 Å². The van der Waals surface area contributed by atoms with E-state index in [4.69, 9.17) is 21.4 Å². The van der Waals surface area contributed by atoms with Crippen molar-refractivity contribution < 1.29 is 14.6 Å². The number of carbonyl (C=O) groups is 1. The number of ether oxygens (including phenoxy) is 1. The molecule has 0 aliphatic rings.